The molecule has 0 aliphatic heterocycles. The van der Waals surface area contributed by atoms with Gasteiger partial charge in [-0.25, -0.2) is 8.78 Å². The van der Waals surface area contributed by atoms with Gasteiger partial charge in [-0.3, -0.25) is 4.79 Å². The zero-order valence-corrected chi connectivity index (χ0v) is 10.7. The average Bonchev–Trinajstić information content (AvgIpc) is 2.39. The van der Waals surface area contributed by atoms with E-state index in [1.54, 1.807) is 0 Å². The molecule has 0 saturated carbocycles. The third-order valence-electron chi connectivity index (χ3n) is 2.80. The molecule has 0 spiro atoms. The SMILES string of the molecule is CC(=O)c1ccc(OCc2c(F)cccc2F)c(O)c1. The lowest BCUT2D eigenvalue weighted by atomic mass is 10.1. The molecule has 0 radical (unpaired) electrons. The Labute approximate surface area is 114 Å². The number of phenolic OH excluding ortho intramolecular Hbond substituents is 1. The van der Waals surface area contributed by atoms with E-state index in [1.165, 1.54) is 31.2 Å². The number of phenols is 1. The van der Waals surface area contributed by atoms with Crippen LogP contribution in [0.1, 0.15) is 22.8 Å². The highest BCUT2D eigenvalue weighted by Crippen LogP contribution is 2.28. The summed E-state index contributed by atoms with van der Waals surface area (Å²) in [5.41, 5.74) is 0.106. The van der Waals surface area contributed by atoms with Crippen molar-refractivity contribution < 1.29 is 23.4 Å². The summed E-state index contributed by atoms with van der Waals surface area (Å²) in [6, 6.07) is 7.60. The average molecular weight is 278 g/mol. The van der Waals surface area contributed by atoms with E-state index in [0.717, 1.165) is 12.1 Å². The van der Waals surface area contributed by atoms with Crippen molar-refractivity contribution in [3.8, 4) is 11.5 Å². The second kappa shape index (κ2) is 5.69. The van der Waals surface area contributed by atoms with Gasteiger partial charge in [0.2, 0.25) is 0 Å². The minimum atomic E-state index is -0.718. The van der Waals surface area contributed by atoms with E-state index in [4.69, 9.17) is 4.74 Å². The van der Waals surface area contributed by atoms with Crippen molar-refractivity contribution in [1.82, 2.24) is 0 Å². The summed E-state index contributed by atoms with van der Waals surface area (Å²) in [4.78, 5) is 11.1. The molecule has 104 valence electrons. The van der Waals surface area contributed by atoms with Crippen molar-refractivity contribution in [3.05, 3.63) is 59.2 Å². The molecule has 0 amide bonds. The van der Waals surface area contributed by atoms with Crippen LogP contribution in [0.2, 0.25) is 0 Å². The number of benzene rings is 2. The molecule has 5 heteroatoms. The molecule has 0 aliphatic rings. The molecular formula is C15H12F2O3. The van der Waals surface area contributed by atoms with Crippen molar-refractivity contribution in [2.45, 2.75) is 13.5 Å². The molecule has 0 saturated heterocycles. The van der Waals surface area contributed by atoms with Crippen molar-refractivity contribution in [1.29, 1.82) is 0 Å². The highest BCUT2D eigenvalue weighted by molar-refractivity contribution is 5.94. The second-order valence-electron chi connectivity index (χ2n) is 4.23. The van der Waals surface area contributed by atoms with Crippen LogP contribution >= 0.6 is 0 Å². The van der Waals surface area contributed by atoms with E-state index in [2.05, 4.69) is 0 Å². The van der Waals surface area contributed by atoms with Crippen molar-refractivity contribution >= 4 is 5.78 Å². The molecule has 0 aromatic heterocycles. The van der Waals surface area contributed by atoms with Gasteiger partial charge in [0.05, 0.1) is 5.56 Å². The number of hydrogen-bond donors (Lipinski definition) is 1. The van der Waals surface area contributed by atoms with Gasteiger partial charge in [0.25, 0.3) is 0 Å². The summed E-state index contributed by atoms with van der Waals surface area (Å²) in [5.74, 6) is -1.84. The number of ketones is 1. The van der Waals surface area contributed by atoms with Gasteiger partial charge < -0.3 is 9.84 Å². The Morgan fingerprint density at radius 2 is 1.85 bits per heavy atom. The second-order valence-corrected chi connectivity index (χ2v) is 4.23. The summed E-state index contributed by atoms with van der Waals surface area (Å²) >= 11 is 0. The van der Waals surface area contributed by atoms with E-state index in [9.17, 15) is 18.7 Å². The number of carbonyl (C=O) groups excluding carboxylic acids is 1. The van der Waals surface area contributed by atoms with Crippen LogP contribution in [0, 0.1) is 11.6 Å². The van der Waals surface area contributed by atoms with Crippen LogP contribution in [0.15, 0.2) is 36.4 Å². The van der Waals surface area contributed by atoms with Crippen molar-refractivity contribution in [2.24, 2.45) is 0 Å². The monoisotopic (exact) mass is 278 g/mol. The molecule has 0 bridgehead atoms. The van der Waals surface area contributed by atoms with E-state index >= 15 is 0 Å². The van der Waals surface area contributed by atoms with Gasteiger partial charge in [0.15, 0.2) is 17.3 Å². The number of halogens is 2. The first kappa shape index (κ1) is 14.0. The first-order valence-corrected chi connectivity index (χ1v) is 5.88. The fraction of sp³-hybridized carbons (Fsp3) is 0.133. The van der Waals surface area contributed by atoms with E-state index in [0.29, 0.717) is 5.56 Å². The number of rotatable bonds is 4. The summed E-state index contributed by atoms with van der Waals surface area (Å²) < 4.78 is 32.0. The van der Waals surface area contributed by atoms with Gasteiger partial charge in [0, 0.05) is 5.56 Å². The third-order valence-corrected chi connectivity index (χ3v) is 2.80. The molecule has 0 unspecified atom stereocenters. The number of Topliss-reactive ketones (excluding diaryl/α,β-unsaturated/α-hetero) is 1. The Bertz CT molecular complexity index is 633. The van der Waals surface area contributed by atoms with Crippen molar-refractivity contribution in [2.75, 3.05) is 0 Å². The molecule has 20 heavy (non-hydrogen) atoms. The summed E-state index contributed by atoms with van der Waals surface area (Å²) in [6.07, 6.45) is 0. The molecule has 3 nitrogen and oxygen atoms in total. The Balaban J connectivity index is 2.17. The smallest absolute Gasteiger partial charge is 0.161 e. The maximum atomic E-state index is 13.4. The molecule has 2 aromatic rings. The molecule has 2 rings (SSSR count). The minimum Gasteiger partial charge on any atom is -0.504 e. The first-order chi connectivity index (χ1) is 9.49. The standard InChI is InChI=1S/C15H12F2O3/c1-9(18)10-5-6-15(14(19)7-10)20-8-11-12(16)3-2-4-13(11)17/h2-7,19H,8H2,1H3. The van der Waals surface area contributed by atoms with Crippen LogP contribution < -0.4 is 4.74 Å². The summed E-state index contributed by atoms with van der Waals surface area (Å²) in [7, 11) is 0. The predicted octanol–water partition coefficient (Wildman–Crippen LogP) is 3.45. The summed E-state index contributed by atoms with van der Waals surface area (Å²) in [6.45, 7) is 1.01. The highest BCUT2D eigenvalue weighted by atomic mass is 19.1. The normalized spacial score (nSPS) is 10.3. The van der Waals surface area contributed by atoms with E-state index < -0.39 is 11.6 Å². The van der Waals surface area contributed by atoms with Crippen LogP contribution in [-0.2, 0) is 6.61 Å². The number of ether oxygens (including phenoxy) is 1. The van der Waals surface area contributed by atoms with Gasteiger partial charge >= 0.3 is 0 Å². The molecule has 0 aliphatic carbocycles. The maximum absolute atomic E-state index is 13.4. The molecule has 0 heterocycles. The lowest BCUT2D eigenvalue weighted by Crippen LogP contribution is -2.02. The largest absolute Gasteiger partial charge is 0.504 e. The highest BCUT2D eigenvalue weighted by Gasteiger charge is 2.11. The molecule has 0 fully saturated rings. The Morgan fingerprint density at radius 3 is 2.40 bits per heavy atom. The van der Waals surface area contributed by atoms with Crippen LogP contribution in [0.4, 0.5) is 8.78 Å². The lowest BCUT2D eigenvalue weighted by molar-refractivity contribution is 0.101. The third kappa shape index (κ3) is 2.93. The fourth-order valence-corrected chi connectivity index (χ4v) is 1.68. The van der Waals surface area contributed by atoms with Gasteiger partial charge in [-0.15, -0.1) is 0 Å². The fourth-order valence-electron chi connectivity index (χ4n) is 1.68. The molecule has 2 aromatic carbocycles. The van der Waals surface area contributed by atoms with Gasteiger partial charge in [-0.2, -0.15) is 0 Å². The minimum absolute atomic E-state index is 0.0534. The van der Waals surface area contributed by atoms with Crippen LogP contribution in [0.25, 0.3) is 0 Å². The summed E-state index contributed by atoms with van der Waals surface area (Å²) in [5, 5.41) is 9.69. The predicted molar refractivity (Wildman–Crippen MR) is 68.8 cm³/mol. The zero-order valence-electron chi connectivity index (χ0n) is 10.7. The lowest BCUT2D eigenvalue weighted by Gasteiger charge is -2.10. The Kier molecular flexibility index (Phi) is 3.98. The maximum Gasteiger partial charge on any atom is 0.161 e. The van der Waals surface area contributed by atoms with Gasteiger partial charge in [-0.1, -0.05) is 6.07 Å². The Morgan fingerprint density at radius 1 is 1.20 bits per heavy atom. The molecular weight excluding hydrogens is 266 g/mol. The number of hydrogen-bond acceptors (Lipinski definition) is 3. The van der Waals surface area contributed by atoms with Crippen LogP contribution in [-0.4, -0.2) is 10.9 Å². The topological polar surface area (TPSA) is 46.5 Å². The zero-order chi connectivity index (χ0) is 14.7. The molecule has 1 N–H and O–H groups in total. The number of carbonyl (C=O) groups is 1. The van der Waals surface area contributed by atoms with Gasteiger partial charge in [-0.05, 0) is 37.3 Å². The Hall–Kier alpha value is -2.43. The molecule has 0 atom stereocenters. The first-order valence-electron chi connectivity index (χ1n) is 5.88. The van der Waals surface area contributed by atoms with E-state index in [1.807, 2.05) is 0 Å². The van der Waals surface area contributed by atoms with Gasteiger partial charge in [0.1, 0.15) is 18.2 Å². The van der Waals surface area contributed by atoms with Crippen molar-refractivity contribution in [3.63, 3.8) is 0 Å². The van der Waals surface area contributed by atoms with Crippen LogP contribution in [0.5, 0.6) is 11.5 Å². The van der Waals surface area contributed by atoms with Crippen LogP contribution in [0.3, 0.4) is 0 Å². The van der Waals surface area contributed by atoms with E-state index in [-0.39, 0.29) is 29.5 Å². The quantitative estimate of drug-likeness (QED) is 0.871. The number of aromatic hydroxyl groups is 1.